The van der Waals surface area contributed by atoms with Crippen LogP contribution in [0.3, 0.4) is 0 Å². The van der Waals surface area contributed by atoms with Crippen molar-refractivity contribution in [3.8, 4) is 0 Å². The van der Waals surface area contributed by atoms with Gasteiger partial charge in [-0.05, 0) is 42.0 Å². The lowest BCUT2D eigenvalue weighted by Crippen LogP contribution is -2.39. The Morgan fingerprint density at radius 1 is 0.857 bits per heavy atom. The average Bonchev–Trinajstić information content (AvgIpc) is 3.18. The van der Waals surface area contributed by atoms with Crippen molar-refractivity contribution in [1.82, 2.24) is 4.31 Å². The molecule has 0 N–H and O–H groups in total. The highest BCUT2D eigenvalue weighted by Gasteiger charge is 2.34. The molecule has 0 radical (unpaired) electrons. The summed E-state index contributed by atoms with van der Waals surface area (Å²) in [6.07, 6.45) is 1.68. The van der Waals surface area contributed by atoms with Gasteiger partial charge in [-0.1, -0.05) is 72.3 Å². The van der Waals surface area contributed by atoms with Crippen LogP contribution in [0.15, 0.2) is 77.0 Å². The van der Waals surface area contributed by atoms with E-state index in [0.29, 0.717) is 27.6 Å². The van der Waals surface area contributed by atoms with Crippen molar-refractivity contribution in [1.29, 1.82) is 0 Å². The number of benzene rings is 2. The number of nitrogens with zero attached hydrogens (tertiary/aromatic N) is 1. The van der Waals surface area contributed by atoms with Gasteiger partial charge in [0.1, 0.15) is 4.21 Å². The predicted octanol–water partition coefficient (Wildman–Crippen LogP) is 5.63. The zero-order valence-electron chi connectivity index (χ0n) is 15.4. The maximum atomic E-state index is 12.9. The standard InChI is InChI=1S/C22H22ClNO2S2/c23-20-11-12-21(27-20)28(25,26)24-15-13-19(14-16-24)22(17-7-3-1-4-8-17)18-9-5-2-6-10-18/h1-12,19,22H,13-16H2. The van der Waals surface area contributed by atoms with E-state index in [0.717, 1.165) is 24.2 Å². The molecule has 1 saturated heterocycles. The van der Waals surface area contributed by atoms with E-state index in [-0.39, 0.29) is 5.92 Å². The van der Waals surface area contributed by atoms with Crippen LogP contribution in [-0.2, 0) is 10.0 Å². The Morgan fingerprint density at radius 2 is 1.39 bits per heavy atom. The minimum Gasteiger partial charge on any atom is -0.206 e. The van der Waals surface area contributed by atoms with Gasteiger partial charge in [0, 0.05) is 19.0 Å². The number of hydrogen-bond donors (Lipinski definition) is 0. The van der Waals surface area contributed by atoms with Crippen LogP contribution in [0.1, 0.15) is 29.9 Å². The van der Waals surface area contributed by atoms with Crippen molar-refractivity contribution in [2.75, 3.05) is 13.1 Å². The summed E-state index contributed by atoms with van der Waals surface area (Å²) in [5.74, 6) is 0.687. The predicted molar refractivity (Wildman–Crippen MR) is 116 cm³/mol. The minimum atomic E-state index is -3.45. The van der Waals surface area contributed by atoms with Crippen LogP contribution in [0.5, 0.6) is 0 Å². The highest BCUT2D eigenvalue weighted by Crippen LogP contribution is 2.39. The van der Waals surface area contributed by atoms with Crippen LogP contribution < -0.4 is 0 Å². The van der Waals surface area contributed by atoms with Crippen LogP contribution in [0.25, 0.3) is 0 Å². The fourth-order valence-corrected chi connectivity index (χ4v) is 7.18. The Morgan fingerprint density at radius 3 is 1.86 bits per heavy atom. The molecule has 146 valence electrons. The summed E-state index contributed by atoms with van der Waals surface area (Å²) in [7, 11) is -3.45. The van der Waals surface area contributed by atoms with Crippen LogP contribution in [0.2, 0.25) is 4.34 Å². The number of rotatable bonds is 5. The van der Waals surface area contributed by atoms with Crippen LogP contribution in [0, 0.1) is 5.92 Å². The van der Waals surface area contributed by atoms with E-state index in [1.54, 1.807) is 16.4 Å². The second-order valence-electron chi connectivity index (χ2n) is 7.10. The molecular weight excluding hydrogens is 410 g/mol. The van der Waals surface area contributed by atoms with E-state index in [1.807, 2.05) is 12.1 Å². The molecule has 1 aliphatic heterocycles. The summed E-state index contributed by atoms with van der Waals surface area (Å²) >= 11 is 7.07. The Balaban J connectivity index is 1.55. The fraction of sp³-hybridized carbons (Fsp3) is 0.273. The number of sulfonamides is 1. The monoisotopic (exact) mass is 431 g/mol. The summed E-state index contributed by atoms with van der Waals surface area (Å²) in [4.78, 5) is 0. The first-order valence-corrected chi connectivity index (χ1v) is 12.0. The molecule has 3 nitrogen and oxygen atoms in total. The smallest absolute Gasteiger partial charge is 0.206 e. The number of hydrogen-bond acceptors (Lipinski definition) is 3. The molecule has 2 aromatic carbocycles. The Hall–Kier alpha value is -1.66. The molecule has 2 heterocycles. The van der Waals surface area contributed by atoms with Crippen molar-refractivity contribution >= 4 is 33.0 Å². The van der Waals surface area contributed by atoms with E-state index in [4.69, 9.17) is 11.6 Å². The van der Waals surface area contributed by atoms with Gasteiger partial charge < -0.3 is 0 Å². The first-order chi connectivity index (χ1) is 13.6. The Kier molecular flexibility index (Phi) is 5.88. The summed E-state index contributed by atoms with van der Waals surface area (Å²) in [5.41, 5.74) is 2.58. The van der Waals surface area contributed by atoms with Gasteiger partial charge in [0.25, 0.3) is 10.0 Å². The first kappa shape index (κ1) is 19.6. The molecule has 0 spiro atoms. The third kappa shape index (κ3) is 4.03. The van der Waals surface area contributed by atoms with Crippen LogP contribution >= 0.6 is 22.9 Å². The summed E-state index contributed by atoms with van der Waals surface area (Å²) in [5, 5.41) is 0. The van der Waals surface area contributed by atoms with Gasteiger partial charge in [-0.15, -0.1) is 11.3 Å². The Labute approximate surface area is 175 Å². The highest BCUT2D eigenvalue weighted by molar-refractivity contribution is 7.91. The number of thiophene rings is 1. The molecule has 0 atom stereocenters. The molecule has 0 saturated carbocycles. The van der Waals surface area contributed by atoms with E-state index in [1.165, 1.54) is 11.1 Å². The van der Waals surface area contributed by atoms with Gasteiger partial charge in [-0.25, -0.2) is 8.42 Å². The van der Waals surface area contributed by atoms with Crippen molar-refractivity contribution in [2.45, 2.75) is 23.0 Å². The largest absolute Gasteiger partial charge is 0.252 e. The zero-order chi connectivity index (χ0) is 19.6. The lowest BCUT2D eigenvalue weighted by molar-refractivity contribution is 0.257. The normalized spacial score (nSPS) is 16.5. The summed E-state index contributed by atoms with van der Waals surface area (Å²) < 4.78 is 28.2. The van der Waals surface area contributed by atoms with Gasteiger partial charge in [0.05, 0.1) is 4.34 Å². The molecule has 0 amide bonds. The molecule has 3 aromatic rings. The lowest BCUT2D eigenvalue weighted by Gasteiger charge is -2.35. The van der Waals surface area contributed by atoms with Crippen molar-refractivity contribution in [3.63, 3.8) is 0 Å². The van der Waals surface area contributed by atoms with Gasteiger partial charge in [-0.2, -0.15) is 4.31 Å². The number of halogens is 1. The van der Waals surface area contributed by atoms with Crippen molar-refractivity contribution in [3.05, 3.63) is 88.3 Å². The molecule has 0 unspecified atom stereocenters. The SMILES string of the molecule is O=S(=O)(c1ccc(Cl)s1)N1CCC(C(c2ccccc2)c2ccccc2)CC1. The van der Waals surface area contributed by atoms with Crippen molar-refractivity contribution < 1.29 is 8.42 Å². The third-order valence-electron chi connectivity index (χ3n) is 5.43. The van der Waals surface area contributed by atoms with Crippen molar-refractivity contribution in [2.24, 2.45) is 5.92 Å². The van der Waals surface area contributed by atoms with Gasteiger partial charge in [0.15, 0.2) is 0 Å². The lowest BCUT2D eigenvalue weighted by atomic mass is 9.76. The molecular formula is C22H22ClNO2S2. The Bertz CT molecular complexity index is 971. The summed E-state index contributed by atoms with van der Waals surface area (Å²) in [6, 6.07) is 24.3. The number of piperidine rings is 1. The molecule has 0 bridgehead atoms. The van der Waals surface area contributed by atoms with Gasteiger partial charge in [-0.3, -0.25) is 0 Å². The first-order valence-electron chi connectivity index (χ1n) is 9.41. The topological polar surface area (TPSA) is 37.4 Å². The maximum absolute atomic E-state index is 12.9. The van der Waals surface area contributed by atoms with E-state index in [2.05, 4.69) is 48.5 Å². The van der Waals surface area contributed by atoms with E-state index < -0.39 is 10.0 Å². The molecule has 4 rings (SSSR count). The third-order valence-corrected chi connectivity index (χ3v) is 9.03. The van der Waals surface area contributed by atoms with Gasteiger partial charge >= 0.3 is 0 Å². The molecule has 0 aliphatic carbocycles. The van der Waals surface area contributed by atoms with Crippen LogP contribution in [-0.4, -0.2) is 25.8 Å². The highest BCUT2D eigenvalue weighted by atomic mass is 35.5. The second-order valence-corrected chi connectivity index (χ2v) is 11.0. The van der Waals surface area contributed by atoms with E-state index >= 15 is 0 Å². The molecule has 28 heavy (non-hydrogen) atoms. The minimum absolute atomic E-state index is 0.281. The molecule has 6 heteroatoms. The van der Waals surface area contributed by atoms with Gasteiger partial charge in [0.2, 0.25) is 0 Å². The summed E-state index contributed by atoms with van der Waals surface area (Å²) in [6.45, 7) is 1.08. The zero-order valence-corrected chi connectivity index (χ0v) is 17.8. The fourth-order valence-electron chi connectivity index (χ4n) is 4.07. The van der Waals surface area contributed by atoms with Crippen LogP contribution in [0.4, 0.5) is 0 Å². The molecule has 1 fully saturated rings. The molecule has 1 aliphatic rings. The quantitative estimate of drug-likeness (QED) is 0.524. The average molecular weight is 432 g/mol. The molecule has 1 aromatic heterocycles. The second kappa shape index (κ2) is 8.37. The maximum Gasteiger partial charge on any atom is 0.252 e. The van der Waals surface area contributed by atoms with E-state index in [9.17, 15) is 8.42 Å².